The van der Waals surface area contributed by atoms with Gasteiger partial charge in [-0.1, -0.05) is 0 Å². The maximum absolute atomic E-state index is 13.2. The number of methoxy groups -OCH3 is 1. The third-order valence-corrected chi connectivity index (χ3v) is 2.94. The van der Waals surface area contributed by atoms with Gasteiger partial charge in [0, 0.05) is 19.2 Å². The highest BCUT2D eigenvalue weighted by Crippen LogP contribution is 2.16. The number of halogens is 3. The minimum Gasteiger partial charge on any atom is -0.383 e. The molecular formula is C11H12BrClFNO2. The van der Waals surface area contributed by atoms with Crippen molar-refractivity contribution >= 4 is 33.4 Å². The van der Waals surface area contributed by atoms with E-state index in [0.717, 1.165) is 0 Å². The van der Waals surface area contributed by atoms with Gasteiger partial charge in [0.1, 0.15) is 5.82 Å². The second-order valence-corrected chi connectivity index (χ2v) is 4.86. The third kappa shape index (κ3) is 4.61. The van der Waals surface area contributed by atoms with Crippen LogP contribution in [0, 0.1) is 5.82 Å². The van der Waals surface area contributed by atoms with Crippen LogP contribution in [0.2, 0.25) is 0 Å². The van der Waals surface area contributed by atoms with Gasteiger partial charge in [-0.05, 0) is 34.1 Å². The number of benzene rings is 1. The Bertz CT molecular complexity index is 403. The van der Waals surface area contributed by atoms with Gasteiger partial charge in [0.2, 0.25) is 0 Å². The average Bonchev–Trinajstić information content (AvgIpc) is 2.30. The zero-order chi connectivity index (χ0) is 12.8. The second kappa shape index (κ2) is 6.93. The van der Waals surface area contributed by atoms with Crippen LogP contribution in [-0.2, 0) is 4.74 Å². The minimum atomic E-state index is -0.475. The molecule has 0 bridgehead atoms. The number of carbonyl (C=O) groups excluding carboxylic acids is 1. The Balaban J connectivity index is 2.55. The van der Waals surface area contributed by atoms with Crippen LogP contribution < -0.4 is 5.32 Å². The molecule has 0 aliphatic rings. The molecule has 0 aliphatic heterocycles. The fraction of sp³-hybridized carbons (Fsp3) is 0.364. The van der Waals surface area contributed by atoms with Crippen molar-refractivity contribution in [1.29, 1.82) is 0 Å². The van der Waals surface area contributed by atoms with E-state index >= 15 is 0 Å². The molecule has 0 fully saturated rings. The summed E-state index contributed by atoms with van der Waals surface area (Å²) in [6.45, 7) is 0.614. The molecule has 1 unspecified atom stereocenters. The zero-order valence-corrected chi connectivity index (χ0v) is 11.5. The lowest BCUT2D eigenvalue weighted by Crippen LogP contribution is -2.31. The zero-order valence-electron chi connectivity index (χ0n) is 9.17. The number of alkyl halides is 1. The predicted octanol–water partition coefficient (Wildman–Crippen LogP) is 2.57. The summed E-state index contributed by atoms with van der Waals surface area (Å²) >= 11 is 8.86. The van der Waals surface area contributed by atoms with Crippen molar-refractivity contribution in [1.82, 2.24) is 5.32 Å². The van der Waals surface area contributed by atoms with E-state index in [2.05, 4.69) is 21.2 Å². The number of rotatable bonds is 5. The monoisotopic (exact) mass is 323 g/mol. The molecule has 0 heterocycles. The average molecular weight is 325 g/mol. The molecule has 1 aromatic rings. The first-order chi connectivity index (χ1) is 8.04. The molecule has 1 N–H and O–H groups in total. The molecule has 1 amide bonds. The normalized spacial score (nSPS) is 12.2. The second-order valence-electron chi connectivity index (χ2n) is 3.39. The maximum Gasteiger partial charge on any atom is 0.251 e. The number of hydrogen-bond acceptors (Lipinski definition) is 2. The van der Waals surface area contributed by atoms with Crippen LogP contribution in [0.25, 0.3) is 0 Å². The lowest BCUT2D eigenvalue weighted by molar-refractivity contribution is 0.0949. The lowest BCUT2D eigenvalue weighted by atomic mass is 10.2. The molecule has 1 atom stereocenters. The Hall–Kier alpha value is -0.650. The summed E-state index contributed by atoms with van der Waals surface area (Å²) in [5, 5.41) is 2.30. The van der Waals surface area contributed by atoms with E-state index in [-0.39, 0.29) is 23.4 Å². The van der Waals surface area contributed by atoms with Gasteiger partial charge in [-0.3, -0.25) is 4.79 Å². The first-order valence-electron chi connectivity index (χ1n) is 4.91. The highest BCUT2D eigenvalue weighted by molar-refractivity contribution is 9.10. The van der Waals surface area contributed by atoms with Crippen LogP contribution >= 0.6 is 27.5 Å². The number of hydrogen-bond donors (Lipinski definition) is 1. The summed E-state index contributed by atoms with van der Waals surface area (Å²) < 4.78 is 18.3. The Morgan fingerprint density at radius 2 is 2.35 bits per heavy atom. The van der Waals surface area contributed by atoms with E-state index in [9.17, 15) is 9.18 Å². The molecule has 17 heavy (non-hydrogen) atoms. The van der Waals surface area contributed by atoms with Crippen molar-refractivity contribution in [2.45, 2.75) is 5.38 Å². The Labute approximate surface area is 112 Å². The van der Waals surface area contributed by atoms with E-state index in [0.29, 0.717) is 11.1 Å². The van der Waals surface area contributed by atoms with Crippen molar-refractivity contribution in [2.24, 2.45) is 0 Å². The summed E-state index contributed by atoms with van der Waals surface area (Å²) in [5.41, 5.74) is 0.256. The van der Waals surface area contributed by atoms with E-state index in [1.807, 2.05) is 0 Å². The molecule has 0 radical (unpaired) electrons. The van der Waals surface area contributed by atoms with E-state index < -0.39 is 5.82 Å². The van der Waals surface area contributed by atoms with Gasteiger partial charge in [0.15, 0.2) is 0 Å². The predicted molar refractivity (Wildman–Crippen MR) is 68.0 cm³/mol. The van der Waals surface area contributed by atoms with Crippen LogP contribution in [0.4, 0.5) is 4.39 Å². The fourth-order valence-corrected chi connectivity index (χ4v) is 1.63. The largest absolute Gasteiger partial charge is 0.383 e. The molecule has 0 spiro atoms. The molecule has 6 heteroatoms. The van der Waals surface area contributed by atoms with Crippen molar-refractivity contribution in [2.75, 3.05) is 20.3 Å². The van der Waals surface area contributed by atoms with Gasteiger partial charge < -0.3 is 10.1 Å². The van der Waals surface area contributed by atoms with E-state index in [1.165, 1.54) is 25.3 Å². The van der Waals surface area contributed by atoms with Crippen LogP contribution in [0.5, 0.6) is 0 Å². The van der Waals surface area contributed by atoms with Crippen molar-refractivity contribution < 1.29 is 13.9 Å². The molecule has 0 saturated carbocycles. The Morgan fingerprint density at radius 1 is 1.65 bits per heavy atom. The number of carbonyl (C=O) groups is 1. The third-order valence-electron chi connectivity index (χ3n) is 2.01. The summed E-state index contributed by atoms with van der Waals surface area (Å²) in [7, 11) is 1.53. The lowest BCUT2D eigenvalue weighted by Gasteiger charge is -2.10. The summed E-state index contributed by atoms with van der Waals surface area (Å²) in [5.74, 6) is -0.838. The summed E-state index contributed by atoms with van der Waals surface area (Å²) in [4.78, 5) is 11.6. The van der Waals surface area contributed by atoms with E-state index in [4.69, 9.17) is 16.3 Å². The SMILES string of the molecule is COCC(Cl)CNC(=O)c1ccc(Br)c(F)c1. The van der Waals surface area contributed by atoms with Crippen LogP contribution in [0.15, 0.2) is 22.7 Å². The summed E-state index contributed by atoms with van der Waals surface area (Å²) in [6, 6.07) is 4.18. The van der Waals surface area contributed by atoms with Crippen LogP contribution in [-0.4, -0.2) is 31.5 Å². The number of nitrogens with one attached hydrogen (secondary N) is 1. The van der Waals surface area contributed by atoms with Gasteiger partial charge in [0.25, 0.3) is 5.91 Å². The fourth-order valence-electron chi connectivity index (χ4n) is 1.18. The highest BCUT2D eigenvalue weighted by Gasteiger charge is 2.10. The Morgan fingerprint density at radius 3 is 2.94 bits per heavy atom. The number of amides is 1. The Kier molecular flexibility index (Phi) is 5.88. The van der Waals surface area contributed by atoms with E-state index in [1.54, 1.807) is 0 Å². The molecule has 1 aromatic carbocycles. The first kappa shape index (κ1) is 14.4. The van der Waals surface area contributed by atoms with Crippen molar-refractivity contribution in [3.8, 4) is 0 Å². The van der Waals surface area contributed by atoms with Gasteiger partial charge in [-0.25, -0.2) is 4.39 Å². The van der Waals surface area contributed by atoms with Gasteiger partial charge in [-0.15, -0.1) is 11.6 Å². The highest BCUT2D eigenvalue weighted by atomic mass is 79.9. The maximum atomic E-state index is 13.2. The van der Waals surface area contributed by atoms with Crippen LogP contribution in [0.3, 0.4) is 0 Å². The molecule has 1 rings (SSSR count). The molecule has 3 nitrogen and oxygen atoms in total. The van der Waals surface area contributed by atoms with Gasteiger partial charge in [0.05, 0.1) is 16.5 Å². The first-order valence-corrected chi connectivity index (χ1v) is 6.13. The quantitative estimate of drug-likeness (QED) is 0.846. The molecule has 0 aromatic heterocycles. The standard InChI is InChI=1S/C11H12BrClFNO2/c1-17-6-8(13)5-15-11(16)7-2-3-9(12)10(14)4-7/h2-4,8H,5-6H2,1H3,(H,15,16). The molecule has 0 saturated heterocycles. The summed E-state index contributed by atoms with van der Waals surface area (Å²) in [6.07, 6.45) is 0. The van der Waals surface area contributed by atoms with Crippen molar-refractivity contribution in [3.05, 3.63) is 34.1 Å². The van der Waals surface area contributed by atoms with Gasteiger partial charge >= 0.3 is 0 Å². The topological polar surface area (TPSA) is 38.3 Å². The molecular weight excluding hydrogens is 312 g/mol. The van der Waals surface area contributed by atoms with Gasteiger partial charge in [-0.2, -0.15) is 0 Å². The smallest absolute Gasteiger partial charge is 0.251 e. The minimum absolute atomic E-state index is 0.256. The van der Waals surface area contributed by atoms with Crippen LogP contribution in [0.1, 0.15) is 10.4 Å². The van der Waals surface area contributed by atoms with Crippen molar-refractivity contribution in [3.63, 3.8) is 0 Å². The number of ether oxygens (including phenoxy) is 1. The molecule has 0 aliphatic carbocycles. The molecule has 94 valence electrons.